The molecule has 14 heavy (non-hydrogen) atoms. The Kier molecular flexibility index (Phi) is 6.74. The smallest absolute Gasteiger partial charge is 0.0241 e. The van der Waals surface area contributed by atoms with E-state index in [9.17, 15) is 0 Å². The molecule has 1 aliphatic rings. The van der Waals surface area contributed by atoms with Crippen molar-refractivity contribution in [2.24, 2.45) is 0 Å². The van der Waals surface area contributed by atoms with Crippen LogP contribution in [0.2, 0.25) is 0 Å². The van der Waals surface area contributed by atoms with Crippen LogP contribution in [-0.4, -0.2) is 0 Å². The van der Waals surface area contributed by atoms with Crippen LogP contribution in [0.3, 0.4) is 0 Å². The lowest BCUT2D eigenvalue weighted by Crippen LogP contribution is -1.70. The lowest BCUT2D eigenvalue weighted by Gasteiger charge is -1.90. The van der Waals surface area contributed by atoms with Crippen LogP contribution in [0.15, 0.2) is 42.5 Å². The second kappa shape index (κ2) is 8.55. The Morgan fingerprint density at radius 3 is 1.93 bits per heavy atom. The normalized spacial score (nSPS) is 28.6. The Hall–Kier alpha value is -1.04. The molecule has 0 spiro atoms. The lowest BCUT2D eigenvalue weighted by molar-refractivity contribution is 0.976. The molecular formula is C14H19. The summed E-state index contributed by atoms with van der Waals surface area (Å²) in [6.07, 6.45) is 25.5. The van der Waals surface area contributed by atoms with Gasteiger partial charge in [0, 0.05) is 0 Å². The van der Waals surface area contributed by atoms with E-state index in [1.807, 2.05) is 6.08 Å². The van der Waals surface area contributed by atoms with Gasteiger partial charge in [0.1, 0.15) is 0 Å². The molecule has 1 aliphatic carbocycles. The first-order valence-electron chi connectivity index (χ1n) is 5.52. The van der Waals surface area contributed by atoms with Crippen LogP contribution in [0.1, 0.15) is 38.5 Å². The molecular weight excluding hydrogens is 168 g/mol. The highest BCUT2D eigenvalue weighted by molar-refractivity contribution is 5.01. The summed E-state index contributed by atoms with van der Waals surface area (Å²) in [5.74, 6) is 0. The van der Waals surface area contributed by atoms with Crippen LogP contribution < -0.4 is 0 Å². The molecule has 0 N–H and O–H groups in total. The third-order valence-corrected chi connectivity index (χ3v) is 2.14. The van der Waals surface area contributed by atoms with Crippen molar-refractivity contribution >= 4 is 0 Å². The SMILES string of the molecule is [C]1=C/C=C\CC/C=C\CC/C=C\CC/1. The van der Waals surface area contributed by atoms with Gasteiger partial charge < -0.3 is 0 Å². The molecule has 0 aliphatic heterocycles. The first-order valence-corrected chi connectivity index (χ1v) is 5.52. The van der Waals surface area contributed by atoms with E-state index < -0.39 is 0 Å². The number of allylic oxidation sites excluding steroid dienone is 8. The Morgan fingerprint density at radius 2 is 1.21 bits per heavy atom. The second-order valence-electron chi connectivity index (χ2n) is 3.44. The van der Waals surface area contributed by atoms with Crippen molar-refractivity contribution in [2.45, 2.75) is 38.5 Å². The fourth-order valence-corrected chi connectivity index (χ4v) is 1.34. The molecule has 0 nitrogen and oxygen atoms in total. The highest BCUT2D eigenvalue weighted by Crippen LogP contribution is 2.01. The monoisotopic (exact) mass is 187 g/mol. The van der Waals surface area contributed by atoms with E-state index in [0.717, 1.165) is 25.7 Å². The minimum absolute atomic E-state index is 1.04. The first kappa shape index (κ1) is 11.0. The summed E-state index contributed by atoms with van der Waals surface area (Å²) in [6, 6.07) is 0. The van der Waals surface area contributed by atoms with Gasteiger partial charge in [0.25, 0.3) is 0 Å². The minimum Gasteiger partial charge on any atom is -0.0882 e. The molecule has 0 fully saturated rings. The molecule has 1 radical (unpaired) electrons. The number of hydrogen-bond donors (Lipinski definition) is 0. The topological polar surface area (TPSA) is 0 Å². The summed E-state index contributed by atoms with van der Waals surface area (Å²) in [5, 5.41) is 0. The van der Waals surface area contributed by atoms with Gasteiger partial charge in [0.2, 0.25) is 0 Å². The van der Waals surface area contributed by atoms with Gasteiger partial charge in [0.05, 0.1) is 0 Å². The maximum Gasteiger partial charge on any atom is -0.0241 e. The fraction of sp³-hybridized carbons (Fsp3) is 0.429. The van der Waals surface area contributed by atoms with E-state index in [1.54, 1.807) is 0 Å². The summed E-state index contributed by atoms with van der Waals surface area (Å²) >= 11 is 0. The van der Waals surface area contributed by atoms with Crippen LogP contribution in [0.25, 0.3) is 0 Å². The molecule has 0 bridgehead atoms. The van der Waals surface area contributed by atoms with Crippen molar-refractivity contribution in [3.63, 3.8) is 0 Å². The number of rotatable bonds is 0. The summed E-state index contributed by atoms with van der Waals surface area (Å²) < 4.78 is 0. The largest absolute Gasteiger partial charge is 0.0882 e. The zero-order chi connectivity index (χ0) is 9.90. The van der Waals surface area contributed by atoms with Crippen molar-refractivity contribution in [1.29, 1.82) is 0 Å². The lowest BCUT2D eigenvalue weighted by atomic mass is 10.2. The average Bonchev–Trinajstić information content (AvgIpc) is 2.22. The van der Waals surface area contributed by atoms with Crippen LogP contribution in [-0.2, 0) is 0 Å². The average molecular weight is 187 g/mol. The van der Waals surface area contributed by atoms with Crippen LogP contribution >= 0.6 is 0 Å². The molecule has 0 aromatic carbocycles. The van der Waals surface area contributed by atoms with Gasteiger partial charge in [-0.05, 0) is 44.6 Å². The molecule has 0 aromatic heterocycles. The zero-order valence-corrected chi connectivity index (χ0v) is 8.78. The van der Waals surface area contributed by atoms with Crippen molar-refractivity contribution in [3.05, 3.63) is 48.6 Å². The van der Waals surface area contributed by atoms with Crippen molar-refractivity contribution in [1.82, 2.24) is 0 Å². The maximum absolute atomic E-state index is 3.26. The van der Waals surface area contributed by atoms with Crippen LogP contribution in [0.5, 0.6) is 0 Å². The second-order valence-corrected chi connectivity index (χ2v) is 3.44. The summed E-state index contributed by atoms with van der Waals surface area (Å²) in [7, 11) is 0. The molecule has 1 rings (SSSR count). The zero-order valence-electron chi connectivity index (χ0n) is 8.78. The molecule has 0 aromatic rings. The van der Waals surface area contributed by atoms with E-state index in [0.29, 0.717) is 0 Å². The predicted molar refractivity (Wildman–Crippen MR) is 62.9 cm³/mol. The summed E-state index contributed by atoms with van der Waals surface area (Å²) in [4.78, 5) is 0. The van der Waals surface area contributed by atoms with E-state index in [4.69, 9.17) is 0 Å². The fourth-order valence-electron chi connectivity index (χ4n) is 1.34. The van der Waals surface area contributed by atoms with Gasteiger partial charge >= 0.3 is 0 Å². The van der Waals surface area contributed by atoms with E-state index >= 15 is 0 Å². The van der Waals surface area contributed by atoms with Gasteiger partial charge in [-0.1, -0.05) is 42.5 Å². The van der Waals surface area contributed by atoms with E-state index in [-0.39, 0.29) is 0 Å². The van der Waals surface area contributed by atoms with Crippen LogP contribution in [0, 0.1) is 6.08 Å². The van der Waals surface area contributed by atoms with E-state index in [2.05, 4.69) is 42.5 Å². The Morgan fingerprint density at radius 1 is 0.643 bits per heavy atom. The van der Waals surface area contributed by atoms with Crippen molar-refractivity contribution in [3.8, 4) is 0 Å². The highest BCUT2D eigenvalue weighted by atomic mass is 13.9. The molecule has 75 valence electrons. The Balaban J connectivity index is 2.34. The number of hydrogen-bond acceptors (Lipinski definition) is 0. The molecule has 0 heteroatoms. The highest BCUT2D eigenvalue weighted by Gasteiger charge is 1.81. The Bertz CT molecular complexity index is 202. The third kappa shape index (κ3) is 6.47. The maximum atomic E-state index is 3.26. The quantitative estimate of drug-likeness (QED) is 0.494. The third-order valence-electron chi connectivity index (χ3n) is 2.14. The Labute approximate surface area is 87.7 Å². The van der Waals surface area contributed by atoms with Crippen molar-refractivity contribution in [2.75, 3.05) is 0 Å². The van der Waals surface area contributed by atoms with Gasteiger partial charge in [-0.3, -0.25) is 0 Å². The molecule has 0 saturated carbocycles. The molecule has 0 amide bonds. The first-order chi connectivity index (χ1) is 7.00. The molecule has 0 saturated heterocycles. The standard InChI is InChI=1S/C14H19/c1-2-4-6-8-10-12-14-13-11-9-7-5-3-1/h1-3,8,10-11,13H,4,6-7,9,12,14H2/b2-1-,5-3?,10-8-,13-11-. The van der Waals surface area contributed by atoms with Gasteiger partial charge in [0.15, 0.2) is 0 Å². The molecule has 0 atom stereocenters. The molecule has 0 unspecified atom stereocenters. The van der Waals surface area contributed by atoms with Gasteiger partial charge in [-0.15, -0.1) is 0 Å². The summed E-state index contributed by atoms with van der Waals surface area (Å²) in [5.41, 5.74) is 0. The van der Waals surface area contributed by atoms with Crippen LogP contribution in [0.4, 0.5) is 0 Å². The minimum atomic E-state index is 1.04. The van der Waals surface area contributed by atoms with Crippen molar-refractivity contribution < 1.29 is 0 Å². The van der Waals surface area contributed by atoms with Gasteiger partial charge in [-0.2, -0.15) is 0 Å². The molecule has 0 heterocycles. The summed E-state index contributed by atoms with van der Waals surface area (Å²) in [6.45, 7) is 0. The van der Waals surface area contributed by atoms with E-state index in [1.165, 1.54) is 12.8 Å². The van der Waals surface area contributed by atoms with Gasteiger partial charge in [-0.25, -0.2) is 0 Å². The predicted octanol–water partition coefficient (Wildman–Crippen LogP) is 4.37.